The van der Waals surface area contributed by atoms with Gasteiger partial charge in [-0.1, -0.05) is 18.5 Å². The molecule has 3 heterocycles. The summed E-state index contributed by atoms with van der Waals surface area (Å²) < 4.78 is 52.6. The summed E-state index contributed by atoms with van der Waals surface area (Å²) in [6.07, 6.45) is 0.143. The van der Waals surface area contributed by atoms with E-state index in [1.54, 1.807) is 31.2 Å². The number of halogens is 1. The van der Waals surface area contributed by atoms with Crippen molar-refractivity contribution in [2.45, 2.75) is 37.8 Å². The maximum Gasteiger partial charge on any atom is 0.237 e. The van der Waals surface area contributed by atoms with E-state index >= 15 is 0 Å². The molecule has 11 nitrogen and oxygen atoms in total. The zero-order chi connectivity index (χ0) is 31.6. The van der Waals surface area contributed by atoms with E-state index in [-0.39, 0.29) is 69.1 Å². The van der Waals surface area contributed by atoms with Gasteiger partial charge in [0.15, 0.2) is 15.6 Å². The molecule has 0 bridgehead atoms. The second-order valence-electron chi connectivity index (χ2n) is 11.2. The Morgan fingerprint density at radius 1 is 1.05 bits per heavy atom. The van der Waals surface area contributed by atoms with Gasteiger partial charge in [0.2, 0.25) is 23.1 Å². The molecular formula is C31H30ClNO10S. The highest BCUT2D eigenvalue weighted by molar-refractivity contribution is 7.91. The van der Waals surface area contributed by atoms with Gasteiger partial charge in [0, 0.05) is 35.6 Å². The number of ketones is 2. The van der Waals surface area contributed by atoms with Gasteiger partial charge in [-0.15, -0.1) is 0 Å². The minimum atomic E-state index is -3.24. The molecule has 1 saturated heterocycles. The van der Waals surface area contributed by atoms with Gasteiger partial charge in [0.05, 0.1) is 44.8 Å². The highest BCUT2D eigenvalue weighted by Crippen LogP contribution is 2.54. The molecule has 2 aromatic carbocycles. The maximum atomic E-state index is 14.6. The average molecular weight is 644 g/mol. The van der Waals surface area contributed by atoms with Crippen molar-refractivity contribution in [2.24, 2.45) is 5.92 Å². The zero-order valence-corrected chi connectivity index (χ0v) is 26.0. The number of methoxy groups -OCH3 is 3. The molecule has 3 atom stereocenters. The summed E-state index contributed by atoms with van der Waals surface area (Å²) in [5.74, 6) is -1.08. The molecule has 0 saturated carbocycles. The van der Waals surface area contributed by atoms with Crippen LogP contribution in [0.2, 0.25) is 5.02 Å². The number of Topliss-reactive ketones (excluding diaryl/α,β-unsaturated/α-hetero) is 2. The molecule has 232 valence electrons. The van der Waals surface area contributed by atoms with Gasteiger partial charge in [0.25, 0.3) is 0 Å². The first-order valence-electron chi connectivity index (χ1n) is 14.0. The fraction of sp³-hybridized carbons (Fsp3) is 0.387. The third-order valence-electron chi connectivity index (χ3n) is 8.54. The Bertz CT molecular complexity index is 1810. The van der Waals surface area contributed by atoms with Crippen LogP contribution < -0.4 is 24.3 Å². The Morgan fingerprint density at radius 3 is 2.34 bits per heavy atom. The molecule has 1 spiro atoms. The van der Waals surface area contributed by atoms with Crippen LogP contribution >= 0.6 is 11.6 Å². The van der Waals surface area contributed by atoms with Crippen molar-refractivity contribution in [1.82, 2.24) is 5.32 Å². The van der Waals surface area contributed by atoms with Crippen molar-refractivity contribution in [3.8, 4) is 34.3 Å². The van der Waals surface area contributed by atoms with Crippen LogP contribution in [-0.2, 0) is 27.5 Å². The lowest BCUT2D eigenvalue weighted by Gasteiger charge is -2.35. The van der Waals surface area contributed by atoms with Crippen LogP contribution in [0.5, 0.6) is 23.0 Å². The SMILES string of the molecule is COc1ccc(-c2oc3c(c2CC(=O)NC2CCS(=O)(=O)C2)C(=O)C2(Oc4c(Cl)c(OC)cc(OC)c4C2=O)C(C)C3)cc1. The predicted octanol–water partition coefficient (Wildman–Crippen LogP) is 3.86. The van der Waals surface area contributed by atoms with E-state index in [0.717, 1.165) is 0 Å². The fourth-order valence-electron chi connectivity index (χ4n) is 6.32. The van der Waals surface area contributed by atoms with E-state index in [0.29, 0.717) is 23.5 Å². The lowest BCUT2D eigenvalue weighted by molar-refractivity contribution is -0.121. The number of sulfone groups is 1. The van der Waals surface area contributed by atoms with Crippen molar-refractivity contribution in [1.29, 1.82) is 0 Å². The van der Waals surface area contributed by atoms with Gasteiger partial charge in [-0.3, -0.25) is 14.4 Å². The molecule has 6 rings (SSSR count). The number of nitrogens with one attached hydrogen (secondary N) is 1. The molecule has 44 heavy (non-hydrogen) atoms. The Balaban J connectivity index is 1.45. The number of furan rings is 1. The highest BCUT2D eigenvalue weighted by atomic mass is 35.5. The van der Waals surface area contributed by atoms with Crippen LogP contribution in [0.15, 0.2) is 34.7 Å². The summed E-state index contributed by atoms with van der Waals surface area (Å²) in [5, 5.41) is 2.81. The molecule has 3 unspecified atom stereocenters. The molecular weight excluding hydrogens is 614 g/mol. The largest absolute Gasteiger partial charge is 0.497 e. The van der Waals surface area contributed by atoms with E-state index < -0.39 is 44.9 Å². The van der Waals surface area contributed by atoms with Gasteiger partial charge < -0.3 is 28.7 Å². The lowest BCUT2D eigenvalue weighted by atomic mass is 9.70. The molecule has 1 aliphatic carbocycles. The first-order chi connectivity index (χ1) is 20.9. The summed E-state index contributed by atoms with van der Waals surface area (Å²) in [5.41, 5.74) is -1.04. The van der Waals surface area contributed by atoms with E-state index in [2.05, 4.69) is 5.32 Å². The van der Waals surface area contributed by atoms with E-state index in [9.17, 15) is 22.8 Å². The molecule has 3 aliphatic rings. The number of benzene rings is 2. The summed E-state index contributed by atoms with van der Waals surface area (Å²) in [6, 6.07) is 7.84. The highest BCUT2D eigenvalue weighted by Gasteiger charge is 2.63. The van der Waals surface area contributed by atoms with Gasteiger partial charge in [-0.05, 0) is 30.7 Å². The number of rotatable bonds is 7. The number of carbonyl (C=O) groups excluding carboxylic acids is 3. The van der Waals surface area contributed by atoms with Crippen LogP contribution in [0.4, 0.5) is 0 Å². The topological polar surface area (TPSA) is 147 Å². The molecule has 0 radical (unpaired) electrons. The zero-order valence-electron chi connectivity index (χ0n) is 24.4. The molecule has 2 aliphatic heterocycles. The monoisotopic (exact) mass is 643 g/mol. The van der Waals surface area contributed by atoms with E-state index in [4.69, 9.17) is 35.0 Å². The minimum absolute atomic E-state index is 0.00807. The third-order valence-corrected chi connectivity index (χ3v) is 10.7. The fourth-order valence-corrected chi connectivity index (χ4v) is 8.26. The molecule has 13 heteroatoms. The average Bonchev–Trinajstić information content (AvgIpc) is 3.63. The van der Waals surface area contributed by atoms with Crippen molar-refractivity contribution >= 4 is 38.9 Å². The van der Waals surface area contributed by atoms with Crippen LogP contribution in [0.1, 0.15) is 45.4 Å². The number of hydrogen-bond donors (Lipinski definition) is 1. The summed E-state index contributed by atoms with van der Waals surface area (Å²) in [7, 11) is 1.09. The first kappa shape index (κ1) is 30.0. The number of fused-ring (bicyclic) bond motifs is 2. The summed E-state index contributed by atoms with van der Waals surface area (Å²) in [6.45, 7) is 1.71. The van der Waals surface area contributed by atoms with Crippen LogP contribution in [0, 0.1) is 5.92 Å². The summed E-state index contributed by atoms with van der Waals surface area (Å²) in [4.78, 5) is 42.2. The van der Waals surface area contributed by atoms with Crippen LogP contribution in [0.25, 0.3) is 11.3 Å². The van der Waals surface area contributed by atoms with Crippen molar-refractivity contribution in [3.05, 3.63) is 57.8 Å². The van der Waals surface area contributed by atoms with Gasteiger partial charge in [-0.25, -0.2) is 8.42 Å². The van der Waals surface area contributed by atoms with E-state index in [1.807, 2.05) is 0 Å². The normalized spacial score (nSPS) is 23.2. The number of carbonyl (C=O) groups is 3. The molecule has 1 N–H and O–H groups in total. The standard InChI is InChI=1S/C31H30ClNO10S/c1-15-11-21-24(29(35)31(15)30(36)25-20(40-3)13-22(41-4)26(32)28(25)43-31)19(12-23(34)33-17-9-10-44(37,38)14-17)27(42-21)16-5-7-18(39-2)8-6-16/h5-8,13,15,17H,9-12,14H2,1-4H3,(H,33,34). The minimum Gasteiger partial charge on any atom is -0.497 e. The third kappa shape index (κ3) is 4.62. The van der Waals surface area contributed by atoms with Crippen molar-refractivity contribution in [2.75, 3.05) is 32.8 Å². The number of hydrogen-bond acceptors (Lipinski definition) is 10. The second-order valence-corrected chi connectivity index (χ2v) is 13.8. The van der Waals surface area contributed by atoms with Crippen molar-refractivity contribution < 1.29 is 46.2 Å². The molecule has 1 amide bonds. The predicted molar refractivity (Wildman–Crippen MR) is 159 cm³/mol. The van der Waals surface area contributed by atoms with Crippen LogP contribution in [-0.4, -0.2) is 70.4 Å². The van der Waals surface area contributed by atoms with Crippen LogP contribution in [0.3, 0.4) is 0 Å². The van der Waals surface area contributed by atoms with E-state index in [1.165, 1.54) is 27.4 Å². The van der Waals surface area contributed by atoms with Gasteiger partial charge >= 0.3 is 0 Å². The molecule has 1 aromatic heterocycles. The Hall–Kier alpha value is -4.03. The second kappa shape index (κ2) is 10.8. The Kier molecular flexibility index (Phi) is 7.40. The molecule has 1 fully saturated rings. The summed E-state index contributed by atoms with van der Waals surface area (Å²) >= 11 is 6.56. The molecule has 3 aromatic rings. The number of amides is 1. The van der Waals surface area contributed by atoms with Crippen molar-refractivity contribution in [3.63, 3.8) is 0 Å². The maximum absolute atomic E-state index is 14.6. The van der Waals surface area contributed by atoms with Gasteiger partial charge in [-0.2, -0.15) is 0 Å². The first-order valence-corrected chi connectivity index (χ1v) is 16.2. The lowest BCUT2D eigenvalue weighted by Crippen LogP contribution is -2.56. The smallest absolute Gasteiger partial charge is 0.237 e. The van der Waals surface area contributed by atoms with Gasteiger partial charge in [0.1, 0.15) is 39.4 Å². The quantitative estimate of drug-likeness (QED) is 0.376. The number of ether oxygens (including phenoxy) is 4. The Labute approximate surface area is 258 Å². The Morgan fingerprint density at radius 2 is 1.73 bits per heavy atom.